The van der Waals surface area contributed by atoms with Gasteiger partial charge in [-0.05, 0) is 52.4 Å². The summed E-state index contributed by atoms with van der Waals surface area (Å²) in [7, 11) is -3.48. The highest BCUT2D eigenvalue weighted by atomic mass is 79.9. The molecule has 0 amide bonds. The molecule has 3 N–H and O–H groups in total. The molecule has 0 aromatic heterocycles. The molecule has 1 aliphatic carbocycles. The predicted molar refractivity (Wildman–Crippen MR) is 79.3 cm³/mol. The molecule has 19 heavy (non-hydrogen) atoms. The standard InChI is InChI=1S/C13H19BrN2O2S/c1-3-10-6-11(10)16-19(17,18)12-5-9(7-15)4-8(2)13(12)14/h4-5,10-11,16H,3,6-7,15H2,1-2H3. The van der Waals surface area contributed by atoms with Gasteiger partial charge < -0.3 is 5.73 Å². The van der Waals surface area contributed by atoms with Crippen molar-refractivity contribution in [3.63, 3.8) is 0 Å². The van der Waals surface area contributed by atoms with Gasteiger partial charge in [-0.3, -0.25) is 0 Å². The van der Waals surface area contributed by atoms with Crippen molar-refractivity contribution in [1.82, 2.24) is 4.72 Å². The van der Waals surface area contributed by atoms with Crippen molar-refractivity contribution in [2.24, 2.45) is 11.7 Å². The number of sulfonamides is 1. The molecule has 2 atom stereocenters. The van der Waals surface area contributed by atoms with Crippen LogP contribution in [-0.2, 0) is 16.6 Å². The number of hydrogen-bond donors (Lipinski definition) is 2. The average molecular weight is 347 g/mol. The number of benzene rings is 1. The third-order valence-electron chi connectivity index (χ3n) is 3.56. The number of halogens is 1. The van der Waals surface area contributed by atoms with Crippen LogP contribution in [0.5, 0.6) is 0 Å². The van der Waals surface area contributed by atoms with E-state index in [4.69, 9.17) is 5.73 Å². The second-order valence-electron chi connectivity index (χ2n) is 5.06. The van der Waals surface area contributed by atoms with E-state index in [1.54, 1.807) is 6.07 Å². The van der Waals surface area contributed by atoms with Crippen LogP contribution in [-0.4, -0.2) is 14.5 Å². The number of aryl methyl sites for hydroxylation is 1. The van der Waals surface area contributed by atoms with E-state index >= 15 is 0 Å². The lowest BCUT2D eigenvalue weighted by molar-refractivity contribution is 0.575. The summed E-state index contributed by atoms with van der Waals surface area (Å²) >= 11 is 3.36. The lowest BCUT2D eigenvalue weighted by Crippen LogP contribution is -2.27. The van der Waals surface area contributed by atoms with Gasteiger partial charge in [-0.1, -0.05) is 19.4 Å². The summed E-state index contributed by atoms with van der Waals surface area (Å²) in [6.07, 6.45) is 1.94. The van der Waals surface area contributed by atoms with E-state index < -0.39 is 10.0 Å². The Labute approximate surface area is 122 Å². The molecule has 1 fully saturated rings. The van der Waals surface area contributed by atoms with E-state index in [-0.39, 0.29) is 10.9 Å². The van der Waals surface area contributed by atoms with E-state index in [2.05, 4.69) is 27.6 Å². The van der Waals surface area contributed by atoms with Crippen LogP contribution in [0.25, 0.3) is 0 Å². The molecule has 0 heterocycles. The number of nitrogens with two attached hydrogens (primary N) is 1. The molecule has 1 aromatic rings. The second kappa shape index (κ2) is 5.52. The molecule has 2 unspecified atom stereocenters. The summed E-state index contributed by atoms with van der Waals surface area (Å²) in [5.41, 5.74) is 7.31. The Morgan fingerprint density at radius 2 is 2.16 bits per heavy atom. The molecule has 1 saturated carbocycles. The first kappa shape index (κ1) is 15.0. The van der Waals surface area contributed by atoms with Gasteiger partial charge in [0.25, 0.3) is 0 Å². The summed E-state index contributed by atoms with van der Waals surface area (Å²) in [6, 6.07) is 3.63. The summed E-state index contributed by atoms with van der Waals surface area (Å²) in [6.45, 7) is 4.28. The van der Waals surface area contributed by atoms with Crippen LogP contribution in [0.1, 0.15) is 30.9 Å². The average Bonchev–Trinajstić information content (AvgIpc) is 3.09. The van der Waals surface area contributed by atoms with Crippen LogP contribution in [0, 0.1) is 12.8 Å². The molecule has 1 aliphatic rings. The van der Waals surface area contributed by atoms with Crippen LogP contribution in [0.15, 0.2) is 21.5 Å². The van der Waals surface area contributed by atoms with Crippen molar-refractivity contribution in [3.05, 3.63) is 27.7 Å². The Morgan fingerprint density at radius 3 is 2.68 bits per heavy atom. The third-order valence-corrected chi connectivity index (χ3v) is 6.39. The summed E-state index contributed by atoms with van der Waals surface area (Å²) in [5, 5.41) is 0. The summed E-state index contributed by atoms with van der Waals surface area (Å²) in [4.78, 5) is 0.287. The first-order chi connectivity index (χ1) is 8.89. The topological polar surface area (TPSA) is 72.2 Å². The van der Waals surface area contributed by atoms with Crippen molar-refractivity contribution in [2.75, 3.05) is 0 Å². The smallest absolute Gasteiger partial charge is 0.241 e. The lowest BCUT2D eigenvalue weighted by atomic mass is 10.1. The highest BCUT2D eigenvalue weighted by Gasteiger charge is 2.39. The first-order valence-corrected chi connectivity index (χ1v) is 8.68. The van der Waals surface area contributed by atoms with Gasteiger partial charge in [-0.15, -0.1) is 0 Å². The quantitative estimate of drug-likeness (QED) is 0.858. The van der Waals surface area contributed by atoms with Crippen LogP contribution >= 0.6 is 15.9 Å². The Kier molecular flexibility index (Phi) is 4.35. The lowest BCUT2D eigenvalue weighted by Gasteiger charge is -2.12. The predicted octanol–water partition coefficient (Wildman–Crippen LogP) is 2.29. The second-order valence-corrected chi connectivity index (χ2v) is 7.54. The van der Waals surface area contributed by atoms with Gasteiger partial charge in [0, 0.05) is 17.1 Å². The molecule has 6 heteroatoms. The largest absolute Gasteiger partial charge is 0.326 e. The Morgan fingerprint density at radius 1 is 1.47 bits per heavy atom. The highest BCUT2D eigenvalue weighted by Crippen LogP contribution is 2.35. The molecule has 0 spiro atoms. The zero-order chi connectivity index (χ0) is 14.2. The zero-order valence-corrected chi connectivity index (χ0v) is 13.5. The van der Waals surface area contributed by atoms with Crippen molar-refractivity contribution in [1.29, 1.82) is 0 Å². The number of nitrogens with one attached hydrogen (secondary N) is 1. The molecule has 4 nitrogen and oxygen atoms in total. The van der Waals surface area contributed by atoms with E-state index in [9.17, 15) is 8.42 Å². The van der Waals surface area contributed by atoms with E-state index in [1.165, 1.54) is 0 Å². The number of rotatable bonds is 5. The first-order valence-electron chi connectivity index (χ1n) is 6.40. The Bertz CT molecular complexity index is 587. The van der Waals surface area contributed by atoms with Crippen molar-refractivity contribution in [2.45, 2.75) is 44.2 Å². The number of hydrogen-bond acceptors (Lipinski definition) is 3. The van der Waals surface area contributed by atoms with Gasteiger partial charge in [0.15, 0.2) is 0 Å². The van der Waals surface area contributed by atoms with Gasteiger partial charge in [-0.25, -0.2) is 13.1 Å². The molecule has 0 saturated heterocycles. The molecule has 2 rings (SSSR count). The van der Waals surface area contributed by atoms with Gasteiger partial charge in [0.2, 0.25) is 10.0 Å². The monoisotopic (exact) mass is 346 g/mol. The summed E-state index contributed by atoms with van der Waals surface area (Å²) in [5.74, 6) is 0.479. The maximum atomic E-state index is 12.4. The molecule has 0 bridgehead atoms. The fourth-order valence-corrected chi connectivity index (χ4v) is 4.61. The fraction of sp³-hybridized carbons (Fsp3) is 0.538. The van der Waals surface area contributed by atoms with Crippen molar-refractivity contribution < 1.29 is 8.42 Å². The van der Waals surface area contributed by atoms with Crippen molar-refractivity contribution >= 4 is 26.0 Å². The van der Waals surface area contributed by atoms with Crippen LogP contribution in [0.2, 0.25) is 0 Å². The normalized spacial score (nSPS) is 22.5. The van der Waals surface area contributed by atoms with E-state index in [0.717, 1.165) is 24.0 Å². The van der Waals surface area contributed by atoms with Gasteiger partial charge in [-0.2, -0.15) is 0 Å². The van der Waals surface area contributed by atoms with Crippen LogP contribution in [0.3, 0.4) is 0 Å². The van der Waals surface area contributed by atoms with E-state index in [1.807, 2.05) is 13.0 Å². The summed E-state index contributed by atoms with van der Waals surface area (Å²) < 4.78 is 28.2. The minimum absolute atomic E-state index is 0.0868. The van der Waals surface area contributed by atoms with Crippen LogP contribution < -0.4 is 10.5 Å². The van der Waals surface area contributed by atoms with E-state index in [0.29, 0.717) is 16.9 Å². The molecule has 0 radical (unpaired) electrons. The third kappa shape index (κ3) is 3.18. The Hall–Kier alpha value is -0.430. The molecule has 1 aromatic carbocycles. The highest BCUT2D eigenvalue weighted by molar-refractivity contribution is 9.10. The Balaban J connectivity index is 2.32. The minimum Gasteiger partial charge on any atom is -0.326 e. The fourth-order valence-electron chi connectivity index (χ4n) is 2.23. The van der Waals surface area contributed by atoms with Gasteiger partial charge in [0.05, 0.1) is 4.90 Å². The SMILES string of the molecule is CCC1CC1NS(=O)(=O)c1cc(CN)cc(C)c1Br. The van der Waals surface area contributed by atoms with Gasteiger partial charge in [0.1, 0.15) is 0 Å². The molecule has 0 aliphatic heterocycles. The van der Waals surface area contributed by atoms with Crippen molar-refractivity contribution in [3.8, 4) is 0 Å². The van der Waals surface area contributed by atoms with Crippen LogP contribution in [0.4, 0.5) is 0 Å². The molecular formula is C13H19BrN2O2S. The molecular weight excluding hydrogens is 328 g/mol. The maximum Gasteiger partial charge on any atom is 0.241 e. The minimum atomic E-state index is -3.48. The maximum absolute atomic E-state index is 12.4. The van der Waals surface area contributed by atoms with Gasteiger partial charge >= 0.3 is 0 Å². The molecule has 106 valence electrons. The zero-order valence-electron chi connectivity index (χ0n) is 11.1.